The van der Waals surface area contributed by atoms with E-state index in [4.69, 9.17) is 19.5 Å². The van der Waals surface area contributed by atoms with Crippen LogP contribution in [0.5, 0.6) is 0 Å². The second kappa shape index (κ2) is 33.5. The summed E-state index contributed by atoms with van der Waals surface area (Å²) in [4.78, 5) is 88.6. The van der Waals surface area contributed by atoms with Crippen molar-refractivity contribution >= 4 is 69.1 Å². The summed E-state index contributed by atoms with van der Waals surface area (Å²) in [6, 6.07) is 0. The van der Waals surface area contributed by atoms with Gasteiger partial charge in [0, 0.05) is 37.1 Å². The smallest absolute Gasteiger partial charge is 0.393 e. The summed E-state index contributed by atoms with van der Waals surface area (Å²) < 4.78 is 62.5. The third-order valence-electron chi connectivity index (χ3n) is 12.0. The number of aliphatic hydroxyl groups is 3. The fourth-order valence-electron chi connectivity index (χ4n) is 7.81. The fraction of sp³-hybridized carbons (Fsp3) is 0.778. The van der Waals surface area contributed by atoms with E-state index >= 15 is 0 Å². The van der Waals surface area contributed by atoms with E-state index in [1.165, 1.54) is 104 Å². The molecular weight excluding hydrogens is 1050 g/mol. The summed E-state index contributed by atoms with van der Waals surface area (Å²) in [5.41, 5.74) is 4.26. The zero-order valence-corrected chi connectivity index (χ0v) is 46.2. The van der Waals surface area contributed by atoms with Crippen LogP contribution in [0.3, 0.4) is 0 Å². The number of ether oxygens (including phenoxy) is 1. The maximum atomic E-state index is 12.8. The molecule has 0 saturated carbocycles. The molecule has 3 heterocycles. The van der Waals surface area contributed by atoms with Crippen LogP contribution in [-0.4, -0.2) is 134 Å². The van der Waals surface area contributed by atoms with Gasteiger partial charge in [0.05, 0.1) is 25.6 Å². The summed E-state index contributed by atoms with van der Waals surface area (Å²) in [6.45, 7) is 2.65. The summed E-state index contributed by atoms with van der Waals surface area (Å²) in [5, 5.41) is 36.7. The van der Waals surface area contributed by atoms with Gasteiger partial charge >= 0.3 is 23.5 Å². The molecule has 1 saturated heterocycles. The number of carbonyl (C=O) groups excluding carboxylic acids is 3. The topological polar surface area (TPSA) is 384 Å². The number of aromatic nitrogens is 4. The fourth-order valence-corrected chi connectivity index (χ4v) is 11.4. The highest BCUT2D eigenvalue weighted by atomic mass is 32.2. The van der Waals surface area contributed by atoms with E-state index < -0.39 is 90.7 Å². The van der Waals surface area contributed by atoms with Crippen LogP contribution in [0.1, 0.15) is 155 Å². The molecular formula is C45H80N7O18P3S. The number of hydrogen-bond donors (Lipinski definition) is 10. The van der Waals surface area contributed by atoms with Gasteiger partial charge in [0.25, 0.3) is 0 Å². The van der Waals surface area contributed by atoms with Crippen LogP contribution in [0.2, 0.25) is 0 Å². The Labute approximate surface area is 437 Å². The van der Waals surface area contributed by atoms with Crippen LogP contribution in [-0.2, 0) is 50.7 Å². The number of hydrogen-bond acceptors (Lipinski definition) is 19. The Hall–Kier alpha value is -2.74. The number of imidazole rings is 1. The number of nitrogens with two attached hydrogens (primary N) is 1. The van der Waals surface area contributed by atoms with E-state index in [-0.39, 0.29) is 53.8 Å². The number of nitrogens with zero attached hydrogens (tertiary/aromatic N) is 4. The molecule has 2 aromatic heterocycles. The Kier molecular flexibility index (Phi) is 29.7. The average Bonchev–Trinajstić information content (AvgIpc) is 3.89. The number of nitrogens with one attached hydrogen (secondary N) is 2. The Morgan fingerprint density at radius 2 is 1.45 bits per heavy atom. The highest BCUT2D eigenvalue weighted by Gasteiger charge is 2.50. The van der Waals surface area contributed by atoms with Gasteiger partial charge in [-0.25, -0.2) is 28.6 Å². The van der Waals surface area contributed by atoms with E-state index in [2.05, 4.69) is 53.5 Å². The summed E-state index contributed by atoms with van der Waals surface area (Å²) in [7, 11) is -16.4. The zero-order chi connectivity index (χ0) is 54.8. The molecule has 1 fully saturated rings. The number of fused-ring (bicyclic) bond motifs is 1. The van der Waals surface area contributed by atoms with Crippen LogP contribution in [0.15, 0.2) is 24.8 Å². The first-order chi connectivity index (χ1) is 34.9. The first-order valence-corrected chi connectivity index (χ1v) is 30.8. The predicted octanol–water partition coefficient (Wildman–Crippen LogP) is 6.01. The van der Waals surface area contributed by atoms with Gasteiger partial charge in [-0.15, -0.1) is 0 Å². The highest BCUT2D eigenvalue weighted by molar-refractivity contribution is 8.13. The molecule has 2 unspecified atom stereocenters. The lowest BCUT2D eigenvalue weighted by atomic mass is 9.87. The van der Waals surface area contributed by atoms with Crippen LogP contribution in [0.4, 0.5) is 5.82 Å². The molecule has 74 heavy (non-hydrogen) atoms. The number of thioether (sulfide) groups is 1. The predicted molar refractivity (Wildman–Crippen MR) is 276 cm³/mol. The maximum absolute atomic E-state index is 12.8. The molecule has 3 rings (SSSR count). The molecule has 11 N–H and O–H groups in total. The summed E-state index contributed by atoms with van der Waals surface area (Å²) >= 11 is 1.00. The Balaban J connectivity index is 1.24. The van der Waals surface area contributed by atoms with E-state index in [1.54, 1.807) is 0 Å². The third kappa shape index (κ3) is 25.6. The minimum atomic E-state index is -5.59. The summed E-state index contributed by atoms with van der Waals surface area (Å²) in [6.07, 6.45) is 18.4. The number of anilines is 1. The Morgan fingerprint density at radius 1 is 0.851 bits per heavy atom. The first-order valence-electron chi connectivity index (χ1n) is 25.3. The maximum Gasteiger partial charge on any atom is 0.481 e. The standard InChI is InChI=1S/C45H80N7O18P3S/c1-4-5-6-7-8-9-10-11-12-13-14-15-16-17-18-19-20-21-22-23-33(53)28-36(55)74-27-26-47-35(54)24-25-48-43(58)40(57)45(2,3)30-67-73(64,65)70-72(62,63)66-29-34-39(69-71(59,60)61)38(56)44(68-34)52-32-51-37-41(46)49-31-50-42(37)52/h11-12,31-34,38-40,44,53,56-57H,4-10,13-30H2,1-3H3,(H,47,54)(H,48,58)(H,62,63)(H,64,65)(H2,46,49,50)(H2,59,60,61)/b12-11-/t33-,34-,38-,39-,40+,44-/m1/s1. The number of allylic oxidation sites excluding steroid dienone is 2. The zero-order valence-electron chi connectivity index (χ0n) is 42.7. The van der Waals surface area contributed by atoms with Crippen molar-refractivity contribution in [2.45, 2.75) is 186 Å². The van der Waals surface area contributed by atoms with Crippen molar-refractivity contribution in [3.05, 3.63) is 24.8 Å². The molecule has 1 aliphatic rings. The van der Waals surface area contributed by atoms with Crippen LogP contribution in [0.25, 0.3) is 11.2 Å². The molecule has 0 spiro atoms. The minimum absolute atomic E-state index is 0.0226. The van der Waals surface area contributed by atoms with Gasteiger partial charge in [0.2, 0.25) is 11.8 Å². The molecule has 1 aliphatic heterocycles. The van der Waals surface area contributed by atoms with Gasteiger partial charge in [-0.2, -0.15) is 4.31 Å². The van der Waals surface area contributed by atoms with E-state index in [0.29, 0.717) is 6.42 Å². The number of rotatable bonds is 40. The molecule has 424 valence electrons. The van der Waals surface area contributed by atoms with Crippen LogP contribution in [0, 0.1) is 5.41 Å². The summed E-state index contributed by atoms with van der Waals surface area (Å²) in [5.74, 6) is -1.22. The molecule has 8 atom stereocenters. The van der Waals surface area contributed by atoms with E-state index in [0.717, 1.165) is 48.2 Å². The van der Waals surface area contributed by atoms with Crippen molar-refractivity contribution in [3.63, 3.8) is 0 Å². The quantitative estimate of drug-likeness (QED) is 0.0207. The molecule has 2 amide bonds. The van der Waals surface area contributed by atoms with Gasteiger partial charge < -0.3 is 56.0 Å². The van der Waals surface area contributed by atoms with Gasteiger partial charge in [0.1, 0.15) is 36.3 Å². The number of carbonyl (C=O) groups is 3. The van der Waals surface area contributed by atoms with Crippen molar-refractivity contribution in [2.75, 3.05) is 37.8 Å². The van der Waals surface area contributed by atoms with E-state index in [9.17, 15) is 63.0 Å². The van der Waals surface area contributed by atoms with Crippen molar-refractivity contribution in [1.29, 1.82) is 0 Å². The normalized spacial score (nSPS) is 19.9. The molecule has 25 nitrogen and oxygen atoms in total. The largest absolute Gasteiger partial charge is 0.481 e. The Bertz CT molecular complexity index is 2190. The number of unbranched alkanes of at least 4 members (excludes halogenated alkanes) is 15. The lowest BCUT2D eigenvalue weighted by molar-refractivity contribution is -0.137. The minimum Gasteiger partial charge on any atom is -0.393 e. The first kappa shape index (κ1) is 65.5. The number of amides is 2. The average molecular weight is 1130 g/mol. The van der Waals surface area contributed by atoms with Crippen LogP contribution >= 0.6 is 35.2 Å². The number of nitrogen functional groups attached to an aromatic ring is 1. The second-order valence-corrected chi connectivity index (χ2v) is 24.3. The Morgan fingerprint density at radius 3 is 2.07 bits per heavy atom. The van der Waals surface area contributed by atoms with Gasteiger partial charge in [0.15, 0.2) is 22.8 Å². The van der Waals surface area contributed by atoms with E-state index in [1.807, 2.05) is 0 Å². The SMILES string of the molecule is CCCCCCCC/C=C\CCCCCCCCCCC[C@@H](O)CC(=O)SCCNC(=O)CCNC(=O)[C@H](O)C(C)(C)COP(=O)(O)OP(=O)(O)OC[C@H]1O[C@@H](n2cnc3c(N)ncnc32)[C@H](O)[C@@H]1OP(=O)(O)O. The molecule has 0 radical (unpaired) electrons. The van der Waals surface area contributed by atoms with Crippen molar-refractivity contribution in [1.82, 2.24) is 30.2 Å². The highest BCUT2D eigenvalue weighted by Crippen LogP contribution is 2.61. The third-order valence-corrected chi connectivity index (χ3v) is 16.0. The number of aliphatic hydroxyl groups excluding tert-OH is 3. The lowest BCUT2D eigenvalue weighted by Crippen LogP contribution is -2.46. The second-order valence-electron chi connectivity index (χ2n) is 18.9. The molecule has 29 heteroatoms. The van der Waals surface area contributed by atoms with Crippen molar-refractivity contribution < 1.29 is 85.6 Å². The van der Waals surface area contributed by atoms with Gasteiger partial charge in [-0.3, -0.25) is 32.5 Å². The van der Waals surface area contributed by atoms with Gasteiger partial charge in [-0.05, 0) is 32.1 Å². The monoisotopic (exact) mass is 1130 g/mol. The molecule has 2 aromatic rings. The molecule has 0 aromatic carbocycles. The molecule has 0 bridgehead atoms. The molecule has 0 aliphatic carbocycles. The van der Waals surface area contributed by atoms with Crippen molar-refractivity contribution in [3.8, 4) is 0 Å². The lowest BCUT2D eigenvalue weighted by Gasteiger charge is -2.30. The van der Waals surface area contributed by atoms with Crippen LogP contribution < -0.4 is 16.4 Å². The van der Waals surface area contributed by atoms with Crippen molar-refractivity contribution in [2.24, 2.45) is 5.41 Å². The number of phosphoric ester groups is 3. The van der Waals surface area contributed by atoms with Gasteiger partial charge in [-0.1, -0.05) is 128 Å². The number of phosphoric acid groups is 3.